The highest BCUT2D eigenvalue weighted by Gasteiger charge is 2.22. The number of alkyl halides is 2. The second-order valence-electron chi connectivity index (χ2n) is 6.49. The zero-order chi connectivity index (χ0) is 21.1. The minimum atomic E-state index is -2.94. The molecule has 0 aliphatic heterocycles. The van der Waals surface area contributed by atoms with Crippen molar-refractivity contribution in [2.24, 2.45) is 0 Å². The van der Waals surface area contributed by atoms with Gasteiger partial charge in [-0.25, -0.2) is 22.0 Å². The highest BCUT2D eigenvalue weighted by Crippen LogP contribution is 2.33. The zero-order valence-electron chi connectivity index (χ0n) is 15.0. The van der Waals surface area contributed by atoms with Crippen molar-refractivity contribution in [3.63, 3.8) is 0 Å². The van der Waals surface area contributed by atoms with Crippen molar-refractivity contribution in [2.45, 2.75) is 25.3 Å². The second-order valence-corrected chi connectivity index (χ2v) is 6.49. The summed E-state index contributed by atoms with van der Waals surface area (Å²) in [6.45, 7) is -0.923. The van der Waals surface area contributed by atoms with Crippen LogP contribution in [0.3, 0.4) is 0 Å². The van der Waals surface area contributed by atoms with Crippen molar-refractivity contribution < 1.29 is 31.9 Å². The third kappa shape index (κ3) is 4.56. The number of hydrogen-bond donors (Lipinski definition) is 3. The highest BCUT2D eigenvalue weighted by molar-refractivity contribution is 5.92. The van der Waals surface area contributed by atoms with Gasteiger partial charge in [0.05, 0.1) is 12.1 Å². The number of carbonyl (C=O) groups excluding carboxylic acids is 1. The molecule has 3 aromatic rings. The first kappa shape index (κ1) is 20.8. The van der Waals surface area contributed by atoms with E-state index in [-0.39, 0.29) is 23.7 Å². The molecule has 0 saturated carbocycles. The summed E-state index contributed by atoms with van der Waals surface area (Å²) in [7, 11) is 0. The van der Waals surface area contributed by atoms with Gasteiger partial charge in [-0.1, -0.05) is 0 Å². The maximum atomic E-state index is 14.2. The van der Waals surface area contributed by atoms with E-state index in [4.69, 9.17) is 5.11 Å². The van der Waals surface area contributed by atoms with Crippen LogP contribution in [-0.4, -0.2) is 35.1 Å². The van der Waals surface area contributed by atoms with Gasteiger partial charge in [0.25, 0.3) is 6.43 Å². The number of aliphatic hydroxyl groups is 1. The van der Waals surface area contributed by atoms with Gasteiger partial charge >= 0.3 is 0 Å². The number of aryl methyl sites for hydroxylation is 1. The summed E-state index contributed by atoms with van der Waals surface area (Å²) in [6, 6.07) is 5.39. The summed E-state index contributed by atoms with van der Waals surface area (Å²) < 4.78 is 66.6. The van der Waals surface area contributed by atoms with Crippen LogP contribution in [-0.2, 0) is 11.2 Å². The van der Waals surface area contributed by atoms with Crippen molar-refractivity contribution in [3.8, 4) is 11.3 Å². The van der Waals surface area contributed by atoms with E-state index in [1.54, 1.807) is 0 Å². The minimum absolute atomic E-state index is 0.0157. The molecule has 0 bridgehead atoms. The molecule has 0 radical (unpaired) electrons. The first-order valence-electron chi connectivity index (χ1n) is 8.74. The van der Waals surface area contributed by atoms with Crippen LogP contribution in [0.15, 0.2) is 36.4 Å². The Morgan fingerprint density at radius 3 is 2.38 bits per heavy atom. The Hall–Kier alpha value is -2.94. The van der Waals surface area contributed by atoms with E-state index in [2.05, 4.69) is 4.98 Å². The maximum absolute atomic E-state index is 14.2. The lowest BCUT2D eigenvalue weighted by Gasteiger charge is -2.15. The fraction of sp³-hybridized carbons (Fsp3) is 0.250. The smallest absolute Gasteiger partial charge is 0.260 e. The monoisotopic (exact) mass is 412 g/mol. The topological polar surface area (TPSA) is 65.1 Å². The van der Waals surface area contributed by atoms with Crippen molar-refractivity contribution in [1.82, 2.24) is 10.3 Å². The van der Waals surface area contributed by atoms with Gasteiger partial charge < -0.3 is 15.4 Å². The Morgan fingerprint density at radius 2 is 1.76 bits per heavy atom. The first-order chi connectivity index (χ1) is 13.8. The summed E-state index contributed by atoms with van der Waals surface area (Å²) >= 11 is 0. The van der Waals surface area contributed by atoms with Gasteiger partial charge in [0.1, 0.15) is 23.5 Å². The number of fused-ring (bicyclic) bond motifs is 1. The number of carbonyl (C=O) groups is 1. The molecular formula is C20H17F5N2O2. The number of nitrogens with one attached hydrogen (secondary N) is 2. The molecule has 4 nitrogen and oxygen atoms in total. The summed E-state index contributed by atoms with van der Waals surface area (Å²) in [5, 5.41) is 11.1. The predicted molar refractivity (Wildman–Crippen MR) is 97.0 cm³/mol. The van der Waals surface area contributed by atoms with Crippen LogP contribution in [0, 0.1) is 17.5 Å². The van der Waals surface area contributed by atoms with Crippen molar-refractivity contribution in [1.29, 1.82) is 0 Å². The molecule has 1 aromatic heterocycles. The lowest BCUT2D eigenvalue weighted by atomic mass is 10.0. The van der Waals surface area contributed by atoms with Crippen LogP contribution in [0.5, 0.6) is 0 Å². The average molecular weight is 412 g/mol. The van der Waals surface area contributed by atoms with Crippen LogP contribution >= 0.6 is 0 Å². The number of aliphatic hydroxyl groups excluding tert-OH is 1. The van der Waals surface area contributed by atoms with Crippen LogP contribution in [0.1, 0.15) is 12.0 Å². The quantitative estimate of drug-likeness (QED) is 0.515. The van der Waals surface area contributed by atoms with E-state index in [1.807, 2.05) is 5.32 Å². The van der Waals surface area contributed by atoms with Crippen LogP contribution in [0.25, 0.3) is 22.2 Å². The predicted octanol–water partition coefficient (Wildman–Crippen LogP) is 3.93. The molecule has 154 valence electrons. The average Bonchev–Trinajstić information content (AvgIpc) is 3.03. The summed E-state index contributed by atoms with van der Waals surface area (Å²) in [5.41, 5.74) is 1.25. The molecule has 0 aliphatic rings. The number of H-pyrrole nitrogens is 1. The van der Waals surface area contributed by atoms with Crippen LogP contribution in [0.4, 0.5) is 22.0 Å². The number of benzene rings is 2. The fourth-order valence-corrected chi connectivity index (χ4v) is 3.10. The molecule has 3 rings (SSSR count). The Labute approximate surface area is 162 Å². The van der Waals surface area contributed by atoms with E-state index in [9.17, 15) is 26.7 Å². The number of halogens is 5. The molecule has 1 heterocycles. The molecule has 29 heavy (non-hydrogen) atoms. The normalized spacial score (nSPS) is 12.5. The second kappa shape index (κ2) is 8.60. The van der Waals surface area contributed by atoms with Crippen molar-refractivity contribution >= 4 is 16.8 Å². The number of hydrogen-bond acceptors (Lipinski definition) is 2. The molecule has 0 saturated heterocycles. The Morgan fingerprint density at radius 1 is 1.07 bits per heavy atom. The molecular weight excluding hydrogens is 395 g/mol. The molecule has 3 N–H and O–H groups in total. The molecule has 1 atom stereocenters. The van der Waals surface area contributed by atoms with Gasteiger partial charge in [0.2, 0.25) is 5.91 Å². The first-order valence-corrected chi connectivity index (χ1v) is 8.74. The van der Waals surface area contributed by atoms with E-state index in [0.717, 1.165) is 6.07 Å². The largest absolute Gasteiger partial charge is 0.394 e. The number of aromatic amines is 1. The van der Waals surface area contributed by atoms with Crippen molar-refractivity contribution in [3.05, 3.63) is 59.4 Å². The van der Waals surface area contributed by atoms with Crippen LogP contribution in [0.2, 0.25) is 0 Å². The molecule has 2 aromatic carbocycles. The molecule has 0 spiro atoms. The third-order valence-electron chi connectivity index (χ3n) is 4.51. The van der Waals surface area contributed by atoms with Gasteiger partial charge in [0, 0.05) is 23.6 Å². The van der Waals surface area contributed by atoms with E-state index >= 15 is 0 Å². The molecule has 0 unspecified atom stereocenters. The zero-order valence-corrected chi connectivity index (χ0v) is 15.0. The Balaban J connectivity index is 1.95. The van der Waals surface area contributed by atoms with Gasteiger partial charge in [-0.05, 0) is 47.9 Å². The Kier molecular flexibility index (Phi) is 6.17. The lowest BCUT2D eigenvalue weighted by Crippen LogP contribution is -2.42. The standard InChI is InChI=1S/C20H17F5N2O2/c21-11-3-1-10(2-4-11)18-13(5-6-17(29)26-16(9-28)20(24)25)14-7-12(22)8-15(23)19(14)27-18/h1-4,7-8,16,20,27-28H,5-6,9H2,(H,26,29)/t16-/m0/s1. The van der Waals surface area contributed by atoms with Crippen molar-refractivity contribution in [2.75, 3.05) is 6.61 Å². The summed E-state index contributed by atoms with van der Waals surface area (Å²) in [5.74, 6) is -2.88. The van der Waals surface area contributed by atoms with Gasteiger partial charge in [-0.15, -0.1) is 0 Å². The fourth-order valence-electron chi connectivity index (χ4n) is 3.10. The molecule has 0 aliphatic carbocycles. The molecule has 9 heteroatoms. The van der Waals surface area contributed by atoms with Gasteiger partial charge in [-0.2, -0.15) is 0 Å². The number of amides is 1. The number of rotatable bonds is 7. The summed E-state index contributed by atoms with van der Waals surface area (Å²) in [4.78, 5) is 14.8. The summed E-state index contributed by atoms with van der Waals surface area (Å²) in [6.07, 6.45) is -3.22. The minimum Gasteiger partial charge on any atom is -0.394 e. The molecule has 0 fully saturated rings. The lowest BCUT2D eigenvalue weighted by molar-refractivity contribution is -0.123. The Bertz CT molecular complexity index is 1020. The highest BCUT2D eigenvalue weighted by atomic mass is 19.3. The number of aromatic nitrogens is 1. The van der Waals surface area contributed by atoms with E-state index < -0.39 is 42.4 Å². The maximum Gasteiger partial charge on any atom is 0.260 e. The molecule has 1 amide bonds. The van der Waals surface area contributed by atoms with Gasteiger partial charge in [0.15, 0.2) is 0 Å². The van der Waals surface area contributed by atoms with Gasteiger partial charge in [-0.3, -0.25) is 4.79 Å². The third-order valence-corrected chi connectivity index (χ3v) is 4.51. The van der Waals surface area contributed by atoms with E-state index in [0.29, 0.717) is 22.9 Å². The van der Waals surface area contributed by atoms with Crippen LogP contribution < -0.4 is 5.32 Å². The SMILES string of the molecule is O=C(CCc1c(-c2ccc(F)cc2)[nH]c2c(F)cc(F)cc12)N[C@@H](CO)C(F)F. The van der Waals surface area contributed by atoms with E-state index in [1.165, 1.54) is 24.3 Å².